The second-order valence-corrected chi connectivity index (χ2v) is 7.26. The molecule has 0 aliphatic carbocycles. The quantitative estimate of drug-likeness (QED) is 0.805. The third-order valence-corrected chi connectivity index (χ3v) is 4.88. The molecule has 0 aromatic heterocycles. The zero-order valence-electron chi connectivity index (χ0n) is 11.7. The first-order valence-electron chi connectivity index (χ1n) is 6.33. The number of sulfone groups is 1. The Morgan fingerprint density at radius 3 is 2.17 bits per heavy atom. The minimum absolute atomic E-state index is 0.216. The van der Waals surface area contributed by atoms with Gasteiger partial charge < -0.3 is 5.32 Å². The van der Waals surface area contributed by atoms with Crippen LogP contribution in [0.25, 0.3) is 0 Å². The first kappa shape index (κ1) is 15.2. The second-order valence-electron chi connectivity index (χ2n) is 4.79. The van der Waals surface area contributed by atoms with Crippen molar-refractivity contribution in [1.29, 1.82) is 0 Å². The van der Waals surface area contributed by atoms with Crippen LogP contribution in [-0.2, 0) is 16.4 Å². The van der Waals surface area contributed by atoms with E-state index in [0.717, 1.165) is 6.54 Å². The van der Waals surface area contributed by atoms with Crippen LogP contribution < -0.4 is 5.32 Å². The van der Waals surface area contributed by atoms with Gasteiger partial charge in [-0.3, -0.25) is 0 Å². The molecule has 0 spiro atoms. The molecule has 4 heteroatoms. The zero-order chi connectivity index (χ0) is 13.8. The van der Waals surface area contributed by atoms with E-state index in [1.165, 1.54) is 22.3 Å². The molecule has 0 fully saturated rings. The number of hydrogen-bond donors (Lipinski definition) is 1. The van der Waals surface area contributed by atoms with Crippen LogP contribution in [0.4, 0.5) is 0 Å². The predicted molar refractivity (Wildman–Crippen MR) is 76.7 cm³/mol. The molecule has 18 heavy (non-hydrogen) atoms. The highest BCUT2D eigenvalue weighted by atomic mass is 32.2. The molecule has 0 atom stereocenters. The third kappa shape index (κ3) is 4.42. The molecule has 0 unspecified atom stereocenters. The summed E-state index contributed by atoms with van der Waals surface area (Å²) in [6, 6.07) is 4.32. The van der Waals surface area contributed by atoms with Gasteiger partial charge in [0.05, 0.1) is 5.75 Å². The Bertz CT molecular complexity index is 484. The first-order chi connectivity index (χ1) is 8.35. The van der Waals surface area contributed by atoms with Crippen molar-refractivity contribution in [1.82, 2.24) is 5.32 Å². The van der Waals surface area contributed by atoms with E-state index in [-0.39, 0.29) is 11.5 Å². The lowest BCUT2D eigenvalue weighted by molar-refractivity contribution is 0.591. The average Bonchev–Trinajstić information content (AvgIpc) is 2.26. The molecule has 0 heterocycles. The van der Waals surface area contributed by atoms with Gasteiger partial charge in [-0.25, -0.2) is 8.42 Å². The Labute approximate surface area is 111 Å². The Kier molecular flexibility index (Phi) is 5.35. The molecule has 0 aliphatic heterocycles. The maximum Gasteiger partial charge on any atom is 0.151 e. The molecule has 102 valence electrons. The fourth-order valence-corrected chi connectivity index (χ4v) is 2.82. The molecule has 1 aromatic carbocycles. The smallest absolute Gasteiger partial charge is 0.151 e. The zero-order valence-corrected chi connectivity index (χ0v) is 12.5. The lowest BCUT2D eigenvalue weighted by atomic mass is 10.00. The van der Waals surface area contributed by atoms with Crippen molar-refractivity contribution < 1.29 is 8.42 Å². The van der Waals surface area contributed by atoms with Crippen molar-refractivity contribution in [3.05, 3.63) is 34.4 Å². The summed E-state index contributed by atoms with van der Waals surface area (Å²) >= 11 is 0. The summed E-state index contributed by atoms with van der Waals surface area (Å²) in [5.41, 5.74) is 5.06. The Balaban J connectivity index is 2.55. The summed E-state index contributed by atoms with van der Waals surface area (Å²) < 4.78 is 22.7. The average molecular weight is 269 g/mol. The summed E-state index contributed by atoms with van der Waals surface area (Å²) in [5, 5.41) is 3.21. The van der Waals surface area contributed by atoms with E-state index < -0.39 is 9.84 Å². The van der Waals surface area contributed by atoms with Gasteiger partial charge in [0.1, 0.15) is 0 Å². The number of rotatable bonds is 6. The predicted octanol–water partition coefficient (Wildman–Crippen LogP) is 2.14. The number of benzene rings is 1. The minimum Gasteiger partial charge on any atom is -0.312 e. The normalized spacial score (nSPS) is 11.8. The Morgan fingerprint density at radius 1 is 1.11 bits per heavy atom. The SMILES string of the molecule is CCS(=O)(=O)CCNCc1c(C)cc(C)cc1C. The molecular weight excluding hydrogens is 246 g/mol. The van der Waals surface area contributed by atoms with Crippen LogP contribution in [0.15, 0.2) is 12.1 Å². The van der Waals surface area contributed by atoms with Gasteiger partial charge in [0.2, 0.25) is 0 Å². The maximum absolute atomic E-state index is 11.3. The van der Waals surface area contributed by atoms with Crippen LogP contribution in [0, 0.1) is 20.8 Å². The fourth-order valence-electron chi connectivity index (χ4n) is 2.07. The summed E-state index contributed by atoms with van der Waals surface area (Å²) in [6.45, 7) is 9.22. The van der Waals surface area contributed by atoms with Gasteiger partial charge in [0.25, 0.3) is 0 Å². The summed E-state index contributed by atoms with van der Waals surface area (Å²) in [5.74, 6) is 0.435. The van der Waals surface area contributed by atoms with Gasteiger partial charge in [0, 0.05) is 18.8 Å². The van der Waals surface area contributed by atoms with Gasteiger partial charge in [-0.05, 0) is 37.5 Å². The summed E-state index contributed by atoms with van der Waals surface area (Å²) in [4.78, 5) is 0. The first-order valence-corrected chi connectivity index (χ1v) is 8.15. The third-order valence-electron chi connectivity index (χ3n) is 3.17. The Morgan fingerprint density at radius 2 is 1.67 bits per heavy atom. The van der Waals surface area contributed by atoms with E-state index in [4.69, 9.17) is 0 Å². The van der Waals surface area contributed by atoms with Crippen molar-refractivity contribution in [3.63, 3.8) is 0 Å². The largest absolute Gasteiger partial charge is 0.312 e. The van der Waals surface area contributed by atoms with Crippen molar-refractivity contribution in [2.24, 2.45) is 0 Å². The minimum atomic E-state index is -2.86. The van der Waals surface area contributed by atoms with Gasteiger partial charge in [0.15, 0.2) is 9.84 Å². The van der Waals surface area contributed by atoms with Crippen LogP contribution in [0.3, 0.4) is 0 Å². The van der Waals surface area contributed by atoms with Gasteiger partial charge >= 0.3 is 0 Å². The van der Waals surface area contributed by atoms with E-state index in [0.29, 0.717) is 6.54 Å². The Hall–Kier alpha value is -0.870. The van der Waals surface area contributed by atoms with Crippen molar-refractivity contribution in [2.75, 3.05) is 18.1 Å². The van der Waals surface area contributed by atoms with E-state index in [2.05, 4.69) is 38.2 Å². The van der Waals surface area contributed by atoms with Crippen LogP contribution in [0.1, 0.15) is 29.2 Å². The number of nitrogens with one attached hydrogen (secondary N) is 1. The molecule has 0 saturated carbocycles. The molecule has 3 nitrogen and oxygen atoms in total. The van der Waals surface area contributed by atoms with Crippen LogP contribution in [0.5, 0.6) is 0 Å². The van der Waals surface area contributed by atoms with Gasteiger partial charge in [-0.15, -0.1) is 0 Å². The highest BCUT2D eigenvalue weighted by Crippen LogP contribution is 2.15. The van der Waals surface area contributed by atoms with E-state index in [1.54, 1.807) is 6.92 Å². The van der Waals surface area contributed by atoms with Crippen molar-refractivity contribution in [2.45, 2.75) is 34.2 Å². The highest BCUT2D eigenvalue weighted by Gasteiger charge is 2.07. The lowest BCUT2D eigenvalue weighted by Crippen LogP contribution is -2.24. The fraction of sp³-hybridized carbons (Fsp3) is 0.571. The standard InChI is InChI=1S/C14H23NO2S/c1-5-18(16,17)7-6-15-10-14-12(3)8-11(2)9-13(14)4/h8-9,15H,5-7,10H2,1-4H3. The number of aryl methyl sites for hydroxylation is 3. The molecule has 0 bridgehead atoms. The molecule has 0 saturated heterocycles. The summed E-state index contributed by atoms with van der Waals surface area (Å²) in [7, 11) is -2.86. The van der Waals surface area contributed by atoms with Crippen molar-refractivity contribution >= 4 is 9.84 Å². The van der Waals surface area contributed by atoms with Gasteiger partial charge in [-0.1, -0.05) is 24.6 Å². The highest BCUT2D eigenvalue weighted by molar-refractivity contribution is 7.91. The lowest BCUT2D eigenvalue weighted by Gasteiger charge is -2.12. The number of hydrogen-bond acceptors (Lipinski definition) is 3. The molecule has 1 N–H and O–H groups in total. The van der Waals surface area contributed by atoms with Crippen molar-refractivity contribution in [3.8, 4) is 0 Å². The monoisotopic (exact) mass is 269 g/mol. The van der Waals surface area contributed by atoms with Crippen LogP contribution >= 0.6 is 0 Å². The van der Waals surface area contributed by atoms with Gasteiger partial charge in [-0.2, -0.15) is 0 Å². The molecule has 0 radical (unpaired) electrons. The van der Waals surface area contributed by atoms with Crippen LogP contribution in [-0.4, -0.2) is 26.5 Å². The maximum atomic E-state index is 11.3. The van der Waals surface area contributed by atoms with E-state index in [1.807, 2.05) is 0 Å². The molecular formula is C14H23NO2S. The topological polar surface area (TPSA) is 46.2 Å². The molecule has 1 aromatic rings. The van der Waals surface area contributed by atoms with E-state index >= 15 is 0 Å². The van der Waals surface area contributed by atoms with Crippen LogP contribution in [0.2, 0.25) is 0 Å². The molecule has 0 aliphatic rings. The van der Waals surface area contributed by atoms with E-state index in [9.17, 15) is 8.42 Å². The summed E-state index contributed by atoms with van der Waals surface area (Å²) in [6.07, 6.45) is 0. The molecule has 0 amide bonds. The second kappa shape index (κ2) is 6.34. The molecule has 1 rings (SSSR count).